The van der Waals surface area contributed by atoms with Crippen LogP contribution in [0.3, 0.4) is 0 Å². The largest absolute Gasteiger partial charge is 0.309 e. The van der Waals surface area contributed by atoms with Crippen LogP contribution in [0.25, 0.3) is 38.6 Å². The molecule has 28 heavy (non-hydrogen) atoms. The van der Waals surface area contributed by atoms with E-state index in [2.05, 4.69) is 16.0 Å². The van der Waals surface area contributed by atoms with Gasteiger partial charge in [-0.3, -0.25) is 0 Å². The van der Waals surface area contributed by atoms with Gasteiger partial charge >= 0.3 is 0 Å². The van der Waals surface area contributed by atoms with Crippen molar-refractivity contribution in [2.75, 3.05) is 0 Å². The molecule has 5 aromatic rings. The van der Waals surface area contributed by atoms with Crippen LogP contribution in [0.4, 0.5) is 4.39 Å². The predicted molar refractivity (Wildman–Crippen MR) is 106 cm³/mol. The zero-order chi connectivity index (χ0) is 19.1. The van der Waals surface area contributed by atoms with Crippen LogP contribution in [0.1, 0.15) is 5.56 Å². The zero-order valence-corrected chi connectivity index (χ0v) is 14.7. The lowest BCUT2D eigenvalue weighted by Crippen LogP contribution is -1.96. The molecule has 4 nitrogen and oxygen atoms in total. The van der Waals surface area contributed by atoms with E-state index in [0.717, 1.165) is 32.9 Å². The van der Waals surface area contributed by atoms with E-state index >= 15 is 0 Å². The molecule has 5 heteroatoms. The number of halogens is 1. The van der Waals surface area contributed by atoms with Crippen molar-refractivity contribution in [3.63, 3.8) is 0 Å². The zero-order valence-electron chi connectivity index (χ0n) is 14.7. The molecule has 3 aromatic carbocycles. The van der Waals surface area contributed by atoms with Crippen molar-refractivity contribution >= 4 is 21.8 Å². The van der Waals surface area contributed by atoms with Crippen molar-refractivity contribution in [1.82, 2.24) is 14.5 Å². The van der Waals surface area contributed by atoms with Gasteiger partial charge in [0.1, 0.15) is 18.2 Å². The Balaban J connectivity index is 1.91. The number of hydrogen-bond acceptors (Lipinski definition) is 3. The normalized spacial score (nSPS) is 11.0. The van der Waals surface area contributed by atoms with E-state index in [0.29, 0.717) is 5.69 Å². The highest BCUT2D eigenvalue weighted by atomic mass is 19.1. The third-order valence-corrected chi connectivity index (χ3v) is 4.90. The maximum atomic E-state index is 14.3. The van der Waals surface area contributed by atoms with Crippen molar-refractivity contribution in [1.29, 1.82) is 5.26 Å². The molecule has 5 rings (SSSR count). The molecule has 2 aromatic heterocycles. The number of nitrogens with zero attached hydrogens (tertiary/aromatic N) is 4. The average molecular weight is 364 g/mol. The predicted octanol–water partition coefficient (Wildman–Crippen LogP) is 5.25. The fourth-order valence-corrected chi connectivity index (χ4v) is 3.71. The van der Waals surface area contributed by atoms with Crippen LogP contribution in [-0.2, 0) is 0 Å². The summed E-state index contributed by atoms with van der Waals surface area (Å²) in [5.74, 6) is -0.529. The van der Waals surface area contributed by atoms with Crippen LogP contribution >= 0.6 is 0 Å². The quantitative estimate of drug-likeness (QED) is 0.430. The standard InChI is InChI=1S/C23H13FN4/c24-20-10-17(9-8-15(20)11-25)28-21-6-2-1-4-19(21)23-18(5-3-7-22(23)28)16-12-26-14-27-13-16/h1-10,12-14H. The van der Waals surface area contributed by atoms with Crippen LogP contribution in [0.5, 0.6) is 0 Å². The molecule has 0 bridgehead atoms. The SMILES string of the molecule is N#Cc1ccc(-n2c3ccccc3c3c(-c4cncnc4)cccc32)cc1F. The molecule has 0 saturated carbocycles. The Labute approximate surface area is 160 Å². The molecule has 2 heterocycles. The monoisotopic (exact) mass is 364 g/mol. The van der Waals surface area contributed by atoms with E-state index in [1.807, 2.05) is 47.0 Å². The Hall–Kier alpha value is -4.04. The van der Waals surface area contributed by atoms with E-state index in [1.54, 1.807) is 18.5 Å². The van der Waals surface area contributed by atoms with Crippen LogP contribution in [0.15, 0.2) is 79.4 Å². The smallest absolute Gasteiger partial charge is 0.143 e. The molecular formula is C23H13FN4. The van der Waals surface area contributed by atoms with E-state index in [-0.39, 0.29) is 5.56 Å². The Morgan fingerprint density at radius 3 is 2.46 bits per heavy atom. The van der Waals surface area contributed by atoms with Gasteiger partial charge in [0.25, 0.3) is 0 Å². The topological polar surface area (TPSA) is 54.5 Å². The molecule has 0 atom stereocenters. The number of para-hydroxylation sites is 1. The first-order valence-corrected chi connectivity index (χ1v) is 8.75. The third-order valence-electron chi connectivity index (χ3n) is 4.90. The van der Waals surface area contributed by atoms with Gasteiger partial charge in [-0.2, -0.15) is 5.26 Å². The fourth-order valence-electron chi connectivity index (χ4n) is 3.71. The number of hydrogen-bond donors (Lipinski definition) is 0. The van der Waals surface area contributed by atoms with Gasteiger partial charge in [0, 0.05) is 34.4 Å². The molecule has 0 spiro atoms. The summed E-state index contributed by atoms with van der Waals surface area (Å²) in [6.45, 7) is 0. The maximum absolute atomic E-state index is 14.3. The van der Waals surface area contributed by atoms with Crippen molar-refractivity contribution in [2.45, 2.75) is 0 Å². The lowest BCUT2D eigenvalue weighted by molar-refractivity contribution is 0.623. The number of nitriles is 1. The molecule has 0 aliphatic rings. The summed E-state index contributed by atoms with van der Waals surface area (Å²) in [5.41, 5.74) is 4.55. The van der Waals surface area contributed by atoms with Gasteiger partial charge in [-0.25, -0.2) is 14.4 Å². The van der Waals surface area contributed by atoms with E-state index in [1.165, 1.54) is 18.5 Å². The van der Waals surface area contributed by atoms with Gasteiger partial charge in [0.05, 0.1) is 16.6 Å². The Morgan fingerprint density at radius 1 is 0.893 bits per heavy atom. The molecule has 0 saturated heterocycles. The Bertz CT molecular complexity index is 1380. The summed E-state index contributed by atoms with van der Waals surface area (Å²) in [4.78, 5) is 8.29. The van der Waals surface area contributed by atoms with Crippen LogP contribution in [0.2, 0.25) is 0 Å². The van der Waals surface area contributed by atoms with Gasteiger partial charge in [-0.1, -0.05) is 30.3 Å². The first-order valence-electron chi connectivity index (χ1n) is 8.75. The van der Waals surface area contributed by atoms with Crippen molar-refractivity contribution in [3.8, 4) is 22.9 Å². The van der Waals surface area contributed by atoms with Crippen LogP contribution < -0.4 is 0 Å². The molecule has 0 N–H and O–H groups in total. The molecule has 0 aliphatic carbocycles. The van der Waals surface area contributed by atoms with Crippen molar-refractivity contribution in [2.24, 2.45) is 0 Å². The lowest BCUT2D eigenvalue weighted by atomic mass is 10.0. The fraction of sp³-hybridized carbons (Fsp3) is 0. The summed E-state index contributed by atoms with van der Waals surface area (Å²) >= 11 is 0. The van der Waals surface area contributed by atoms with Gasteiger partial charge < -0.3 is 4.57 Å². The highest BCUT2D eigenvalue weighted by Crippen LogP contribution is 2.38. The molecule has 0 amide bonds. The minimum Gasteiger partial charge on any atom is -0.309 e. The van der Waals surface area contributed by atoms with Gasteiger partial charge in [0.2, 0.25) is 0 Å². The van der Waals surface area contributed by atoms with Crippen molar-refractivity contribution in [3.05, 3.63) is 90.8 Å². The summed E-state index contributed by atoms with van der Waals surface area (Å²) < 4.78 is 16.4. The second kappa shape index (κ2) is 6.29. The highest BCUT2D eigenvalue weighted by Gasteiger charge is 2.16. The first kappa shape index (κ1) is 16.2. The Kier molecular flexibility index (Phi) is 3.63. The molecule has 132 valence electrons. The molecule has 0 unspecified atom stereocenters. The molecule has 0 aliphatic heterocycles. The minimum absolute atomic E-state index is 0.0339. The summed E-state index contributed by atoms with van der Waals surface area (Å²) in [6.07, 6.45) is 5.08. The number of fused-ring (bicyclic) bond motifs is 3. The second-order valence-corrected chi connectivity index (χ2v) is 6.46. The van der Waals surface area contributed by atoms with Crippen LogP contribution in [0, 0.1) is 17.1 Å². The first-order chi connectivity index (χ1) is 13.8. The molecular weight excluding hydrogens is 351 g/mol. The van der Waals surface area contributed by atoms with Gasteiger partial charge in [-0.05, 0) is 35.9 Å². The summed E-state index contributed by atoms with van der Waals surface area (Å²) in [7, 11) is 0. The molecule has 0 radical (unpaired) electrons. The second-order valence-electron chi connectivity index (χ2n) is 6.46. The highest BCUT2D eigenvalue weighted by molar-refractivity contribution is 6.15. The summed E-state index contributed by atoms with van der Waals surface area (Å²) in [5, 5.41) is 11.1. The average Bonchev–Trinajstić information content (AvgIpc) is 3.09. The van der Waals surface area contributed by atoms with E-state index in [4.69, 9.17) is 5.26 Å². The lowest BCUT2D eigenvalue weighted by Gasteiger charge is -2.09. The molecule has 0 fully saturated rings. The minimum atomic E-state index is -0.529. The number of benzene rings is 3. The van der Waals surface area contributed by atoms with E-state index < -0.39 is 5.82 Å². The third kappa shape index (κ3) is 2.36. The maximum Gasteiger partial charge on any atom is 0.143 e. The number of aromatic nitrogens is 3. The van der Waals surface area contributed by atoms with Crippen LogP contribution in [-0.4, -0.2) is 14.5 Å². The van der Waals surface area contributed by atoms with Gasteiger partial charge in [0.15, 0.2) is 0 Å². The summed E-state index contributed by atoms with van der Waals surface area (Å²) in [6, 6.07) is 20.6. The van der Waals surface area contributed by atoms with Crippen molar-refractivity contribution < 1.29 is 4.39 Å². The van der Waals surface area contributed by atoms with Gasteiger partial charge in [-0.15, -0.1) is 0 Å². The Morgan fingerprint density at radius 2 is 1.68 bits per heavy atom. The number of rotatable bonds is 2. The van der Waals surface area contributed by atoms with E-state index in [9.17, 15) is 4.39 Å².